The van der Waals surface area contributed by atoms with E-state index in [4.69, 9.17) is 5.73 Å². The molecule has 1 aromatic rings. The molecule has 0 bridgehead atoms. The van der Waals surface area contributed by atoms with Crippen LogP contribution in [0.3, 0.4) is 0 Å². The Kier molecular flexibility index (Phi) is 7.74. The van der Waals surface area contributed by atoms with Crippen molar-refractivity contribution in [2.75, 3.05) is 13.1 Å². The molecule has 0 atom stereocenters. The molecule has 0 unspecified atom stereocenters. The maximum absolute atomic E-state index is 11.4. The smallest absolute Gasteiger partial charge is 0.239 e. The van der Waals surface area contributed by atoms with Crippen LogP contribution >= 0.6 is 12.4 Å². The second-order valence-electron chi connectivity index (χ2n) is 3.75. The second-order valence-corrected chi connectivity index (χ2v) is 3.75. The van der Waals surface area contributed by atoms with Crippen LogP contribution in [0.4, 0.5) is 0 Å². The highest BCUT2D eigenvalue weighted by Gasteiger charge is 2.03. The van der Waals surface area contributed by atoms with Gasteiger partial charge >= 0.3 is 0 Å². The summed E-state index contributed by atoms with van der Waals surface area (Å²) in [6.07, 6.45) is 0. The van der Waals surface area contributed by atoms with E-state index < -0.39 is 0 Å². The van der Waals surface area contributed by atoms with Gasteiger partial charge in [-0.1, -0.05) is 29.8 Å². The molecule has 100 valence electrons. The minimum Gasteiger partial charge on any atom is -0.350 e. The van der Waals surface area contributed by atoms with Gasteiger partial charge in [0.1, 0.15) is 0 Å². The third-order valence-electron chi connectivity index (χ3n) is 2.20. The molecule has 0 saturated carbocycles. The highest BCUT2D eigenvalue weighted by atomic mass is 35.5. The first-order valence-electron chi connectivity index (χ1n) is 5.41. The van der Waals surface area contributed by atoms with Crippen molar-refractivity contribution in [3.8, 4) is 0 Å². The minimum atomic E-state index is -0.337. The Labute approximate surface area is 113 Å². The van der Waals surface area contributed by atoms with Gasteiger partial charge in [-0.15, -0.1) is 12.4 Å². The van der Waals surface area contributed by atoms with Crippen molar-refractivity contribution >= 4 is 24.2 Å². The summed E-state index contributed by atoms with van der Waals surface area (Å²) in [6, 6.07) is 7.87. The third-order valence-corrected chi connectivity index (χ3v) is 2.20. The lowest BCUT2D eigenvalue weighted by Crippen LogP contribution is -2.39. The van der Waals surface area contributed by atoms with E-state index in [-0.39, 0.29) is 37.3 Å². The van der Waals surface area contributed by atoms with Gasteiger partial charge in [-0.05, 0) is 12.5 Å². The number of aryl methyl sites for hydroxylation is 1. The van der Waals surface area contributed by atoms with E-state index in [9.17, 15) is 9.59 Å². The molecule has 0 aliphatic rings. The molecule has 0 aromatic heterocycles. The Hall–Kier alpha value is -1.59. The molecule has 0 heterocycles. The molecule has 0 fully saturated rings. The monoisotopic (exact) mass is 271 g/mol. The molecule has 1 rings (SSSR count). The van der Waals surface area contributed by atoms with E-state index in [0.717, 1.165) is 11.1 Å². The first kappa shape index (κ1) is 16.4. The number of carbonyl (C=O) groups excluding carboxylic acids is 2. The van der Waals surface area contributed by atoms with Gasteiger partial charge in [0.2, 0.25) is 11.8 Å². The molecular weight excluding hydrogens is 254 g/mol. The van der Waals surface area contributed by atoms with Crippen molar-refractivity contribution in [2.24, 2.45) is 5.73 Å². The third kappa shape index (κ3) is 6.22. The summed E-state index contributed by atoms with van der Waals surface area (Å²) in [4.78, 5) is 22.2. The fraction of sp³-hybridized carbons (Fsp3) is 0.333. The molecule has 6 heteroatoms. The standard InChI is InChI=1S/C12H17N3O2.ClH/c1-9-3-2-4-10(5-9)7-14-12(17)8-15-11(16)6-13;/h2-5H,6-8,13H2,1H3,(H,14,17)(H,15,16);1H. The summed E-state index contributed by atoms with van der Waals surface area (Å²) >= 11 is 0. The number of rotatable bonds is 5. The molecule has 0 spiro atoms. The predicted molar refractivity (Wildman–Crippen MR) is 72.3 cm³/mol. The number of amides is 2. The van der Waals surface area contributed by atoms with Crippen LogP contribution in [0.2, 0.25) is 0 Å². The zero-order valence-corrected chi connectivity index (χ0v) is 11.0. The van der Waals surface area contributed by atoms with Gasteiger partial charge < -0.3 is 16.4 Å². The lowest BCUT2D eigenvalue weighted by atomic mass is 10.1. The largest absolute Gasteiger partial charge is 0.350 e. The van der Waals surface area contributed by atoms with Crippen molar-refractivity contribution in [3.63, 3.8) is 0 Å². The molecule has 18 heavy (non-hydrogen) atoms. The second kappa shape index (κ2) is 8.49. The SMILES string of the molecule is Cc1cccc(CNC(=O)CNC(=O)CN)c1.Cl. The van der Waals surface area contributed by atoms with Crippen LogP contribution in [0.1, 0.15) is 11.1 Å². The van der Waals surface area contributed by atoms with Crippen LogP contribution in [-0.4, -0.2) is 24.9 Å². The van der Waals surface area contributed by atoms with Crippen molar-refractivity contribution in [3.05, 3.63) is 35.4 Å². The van der Waals surface area contributed by atoms with Gasteiger partial charge in [0.05, 0.1) is 13.1 Å². The summed E-state index contributed by atoms with van der Waals surface area (Å²) in [5.41, 5.74) is 7.27. The lowest BCUT2D eigenvalue weighted by molar-refractivity contribution is -0.125. The van der Waals surface area contributed by atoms with Crippen molar-refractivity contribution in [1.29, 1.82) is 0 Å². The van der Waals surface area contributed by atoms with Crippen molar-refractivity contribution < 1.29 is 9.59 Å². The average Bonchev–Trinajstić information content (AvgIpc) is 2.33. The molecule has 4 N–H and O–H groups in total. The quantitative estimate of drug-likeness (QED) is 0.711. The van der Waals surface area contributed by atoms with Crippen LogP contribution in [-0.2, 0) is 16.1 Å². The molecule has 2 amide bonds. The maximum atomic E-state index is 11.4. The number of hydrogen-bond acceptors (Lipinski definition) is 3. The van der Waals surface area contributed by atoms with Gasteiger partial charge in [0.25, 0.3) is 0 Å². The number of carbonyl (C=O) groups is 2. The highest BCUT2D eigenvalue weighted by Crippen LogP contribution is 2.02. The van der Waals surface area contributed by atoms with Crippen LogP contribution in [0.25, 0.3) is 0 Å². The Balaban J connectivity index is 0.00000289. The summed E-state index contributed by atoms with van der Waals surface area (Å²) in [6.45, 7) is 2.30. The Morgan fingerprint density at radius 2 is 1.94 bits per heavy atom. The number of hydrogen-bond donors (Lipinski definition) is 3. The van der Waals surface area contributed by atoms with E-state index >= 15 is 0 Å². The van der Waals surface area contributed by atoms with E-state index in [1.807, 2.05) is 31.2 Å². The first-order chi connectivity index (χ1) is 8.11. The number of halogens is 1. The van der Waals surface area contributed by atoms with Crippen LogP contribution in [0.5, 0.6) is 0 Å². The van der Waals surface area contributed by atoms with E-state index in [1.165, 1.54) is 0 Å². The molecule has 0 aliphatic heterocycles. The fourth-order valence-electron chi connectivity index (χ4n) is 1.34. The molecule has 0 saturated heterocycles. The Morgan fingerprint density at radius 1 is 1.22 bits per heavy atom. The predicted octanol–water partition coefficient (Wildman–Crippen LogP) is 0.108. The van der Waals surface area contributed by atoms with Crippen molar-refractivity contribution in [2.45, 2.75) is 13.5 Å². The first-order valence-corrected chi connectivity index (χ1v) is 5.41. The van der Waals surface area contributed by atoms with Gasteiger partial charge in [-0.25, -0.2) is 0 Å². The average molecular weight is 272 g/mol. The molecule has 1 aromatic carbocycles. The topological polar surface area (TPSA) is 84.2 Å². The van der Waals surface area contributed by atoms with Gasteiger partial charge in [0, 0.05) is 6.54 Å². The van der Waals surface area contributed by atoms with Gasteiger partial charge in [-0.3, -0.25) is 9.59 Å². The van der Waals surface area contributed by atoms with Crippen LogP contribution < -0.4 is 16.4 Å². The Bertz CT molecular complexity index is 410. The highest BCUT2D eigenvalue weighted by molar-refractivity contribution is 5.85. The summed E-state index contributed by atoms with van der Waals surface area (Å²) in [7, 11) is 0. The molecule has 5 nitrogen and oxygen atoms in total. The summed E-state index contributed by atoms with van der Waals surface area (Å²) in [5, 5.41) is 5.11. The number of nitrogens with two attached hydrogens (primary N) is 1. The van der Waals surface area contributed by atoms with Gasteiger partial charge in [-0.2, -0.15) is 0 Å². The normalized spacial score (nSPS) is 9.22. The van der Waals surface area contributed by atoms with Crippen LogP contribution in [0, 0.1) is 6.92 Å². The van der Waals surface area contributed by atoms with E-state index in [0.29, 0.717) is 6.54 Å². The molecule has 0 aliphatic carbocycles. The van der Waals surface area contributed by atoms with E-state index in [2.05, 4.69) is 10.6 Å². The fourth-order valence-corrected chi connectivity index (χ4v) is 1.34. The van der Waals surface area contributed by atoms with Crippen molar-refractivity contribution in [1.82, 2.24) is 10.6 Å². The number of benzene rings is 1. The molecule has 0 radical (unpaired) electrons. The zero-order valence-electron chi connectivity index (χ0n) is 10.2. The van der Waals surface area contributed by atoms with Gasteiger partial charge in [0.15, 0.2) is 0 Å². The van der Waals surface area contributed by atoms with Crippen LogP contribution in [0.15, 0.2) is 24.3 Å². The molecular formula is C12H18ClN3O2. The zero-order chi connectivity index (χ0) is 12.7. The minimum absolute atomic E-state index is 0. The lowest BCUT2D eigenvalue weighted by Gasteiger charge is -2.06. The number of nitrogens with one attached hydrogen (secondary N) is 2. The Morgan fingerprint density at radius 3 is 2.56 bits per heavy atom. The summed E-state index contributed by atoms with van der Waals surface area (Å²) < 4.78 is 0. The van der Waals surface area contributed by atoms with E-state index in [1.54, 1.807) is 0 Å². The maximum Gasteiger partial charge on any atom is 0.239 e. The summed E-state index contributed by atoms with van der Waals surface area (Å²) in [5.74, 6) is -0.566.